The minimum absolute atomic E-state index is 0.338. The van der Waals surface area contributed by atoms with Crippen molar-refractivity contribution in [3.63, 3.8) is 0 Å². The number of aryl methyl sites for hydroxylation is 1. The van der Waals surface area contributed by atoms with E-state index in [0.29, 0.717) is 41.0 Å². The van der Waals surface area contributed by atoms with Crippen molar-refractivity contribution in [2.45, 2.75) is 24.8 Å². The Kier molecular flexibility index (Phi) is 7.21. The van der Waals surface area contributed by atoms with Crippen LogP contribution in [0.4, 0.5) is 4.39 Å². The number of aliphatic imine (C=N–C) groups is 1. The van der Waals surface area contributed by atoms with E-state index in [4.69, 9.17) is 11.6 Å². The number of sulfone groups is 1. The van der Waals surface area contributed by atoms with E-state index in [0.717, 1.165) is 11.1 Å². The zero-order valence-electron chi connectivity index (χ0n) is 15.5. The van der Waals surface area contributed by atoms with E-state index in [-0.39, 0.29) is 5.82 Å². The lowest BCUT2D eigenvalue weighted by atomic mass is 10.1. The van der Waals surface area contributed by atoms with Crippen LogP contribution < -0.4 is 10.6 Å². The molecule has 2 aromatic rings. The molecular formula is C19H23ClFN3O2S. The average molecular weight is 412 g/mol. The summed E-state index contributed by atoms with van der Waals surface area (Å²) in [7, 11) is -1.56. The first kappa shape index (κ1) is 21.2. The Bertz CT molecular complexity index is 946. The number of hydrogen-bond acceptors (Lipinski definition) is 3. The summed E-state index contributed by atoms with van der Waals surface area (Å²) in [6.07, 6.45) is 1.83. The SMILES string of the molecule is CN=C(NCCc1ccc(F)cc1Cl)NCc1ccc(S(C)(=O)=O)c(C)c1. The van der Waals surface area contributed by atoms with Gasteiger partial charge in [0.25, 0.3) is 0 Å². The number of halogens is 2. The molecule has 146 valence electrons. The standard InChI is InChI=1S/C19H23ClFN3O2S/c1-13-10-14(4-7-18(13)27(3,25)26)12-24-19(22-2)23-9-8-15-5-6-16(21)11-17(15)20/h4-7,10-11H,8-9,12H2,1-3H3,(H2,22,23,24). The molecule has 0 aromatic heterocycles. The van der Waals surface area contributed by atoms with Crippen molar-refractivity contribution in [1.82, 2.24) is 10.6 Å². The van der Waals surface area contributed by atoms with E-state index >= 15 is 0 Å². The van der Waals surface area contributed by atoms with Crippen molar-refractivity contribution >= 4 is 27.4 Å². The lowest BCUT2D eigenvalue weighted by Gasteiger charge is -2.13. The molecule has 0 unspecified atom stereocenters. The number of nitrogens with zero attached hydrogens (tertiary/aromatic N) is 1. The maximum atomic E-state index is 13.1. The summed E-state index contributed by atoms with van der Waals surface area (Å²) in [4.78, 5) is 4.49. The highest BCUT2D eigenvalue weighted by atomic mass is 35.5. The van der Waals surface area contributed by atoms with Crippen molar-refractivity contribution in [3.05, 3.63) is 63.9 Å². The van der Waals surface area contributed by atoms with E-state index in [2.05, 4.69) is 15.6 Å². The monoisotopic (exact) mass is 411 g/mol. The van der Waals surface area contributed by atoms with Crippen LogP contribution in [-0.4, -0.2) is 34.2 Å². The van der Waals surface area contributed by atoms with Crippen molar-refractivity contribution in [2.75, 3.05) is 19.8 Å². The molecule has 0 saturated heterocycles. The van der Waals surface area contributed by atoms with Crippen LogP contribution in [0.1, 0.15) is 16.7 Å². The zero-order chi connectivity index (χ0) is 20.0. The molecule has 0 radical (unpaired) electrons. The second-order valence-corrected chi connectivity index (χ2v) is 8.60. The molecule has 0 aliphatic rings. The topological polar surface area (TPSA) is 70.6 Å². The van der Waals surface area contributed by atoms with E-state index in [9.17, 15) is 12.8 Å². The summed E-state index contributed by atoms with van der Waals surface area (Å²) in [5.74, 6) is 0.254. The highest BCUT2D eigenvalue weighted by Gasteiger charge is 2.11. The van der Waals surface area contributed by atoms with E-state index in [1.165, 1.54) is 18.4 Å². The number of benzene rings is 2. The lowest BCUT2D eigenvalue weighted by Crippen LogP contribution is -2.37. The van der Waals surface area contributed by atoms with Crippen molar-refractivity contribution in [2.24, 2.45) is 4.99 Å². The largest absolute Gasteiger partial charge is 0.356 e. The molecule has 0 heterocycles. The first-order valence-electron chi connectivity index (χ1n) is 8.38. The van der Waals surface area contributed by atoms with E-state index in [1.807, 2.05) is 6.07 Å². The molecule has 5 nitrogen and oxygen atoms in total. The number of nitrogens with one attached hydrogen (secondary N) is 2. The van der Waals surface area contributed by atoms with E-state index in [1.54, 1.807) is 32.2 Å². The van der Waals surface area contributed by atoms with Crippen LogP contribution in [-0.2, 0) is 22.8 Å². The Balaban J connectivity index is 1.89. The van der Waals surface area contributed by atoms with E-state index < -0.39 is 9.84 Å². The second-order valence-electron chi connectivity index (χ2n) is 6.21. The molecule has 0 bridgehead atoms. The Morgan fingerprint density at radius 3 is 2.52 bits per heavy atom. The highest BCUT2D eigenvalue weighted by molar-refractivity contribution is 7.90. The van der Waals surface area contributed by atoms with Crippen molar-refractivity contribution in [3.8, 4) is 0 Å². The smallest absolute Gasteiger partial charge is 0.191 e. The van der Waals surface area contributed by atoms with Gasteiger partial charge in [-0.05, 0) is 48.2 Å². The molecule has 0 atom stereocenters. The molecule has 0 aliphatic carbocycles. The Hall–Kier alpha value is -2.12. The van der Waals surface area contributed by atoms with Gasteiger partial charge in [-0.15, -0.1) is 0 Å². The third-order valence-electron chi connectivity index (χ3n) is 4.02. The van der Waals surface area contributed by atoms with Crippen molar-refractivity contribution in [1.29, 1.82) is 0 Å². The fourth-order valence-corrected chi connectivity index (χ4v) is 3.90. The minimum Gasteiger partial charge on any atom is -0.356 e. The Morgan fingerprint density at radius 2 is 1.93 bits per heavy atom. The number of hydrogen-bond donors (Lipinski definition) is 2. The number of guanidine groups is 1. The summed E-state index contributed by atoms with van der Waals surface area (Å²) in [5.41, 5.74) is 2.52. The fraction of sp³-hybridized carbons (Fsp3) is 0.316. The first-order valence-corrected chi connectivity index (χ1v) is 10.7. The lowest BCUT2D eigenvalue weighted by molar-refractivity contribution is 0.601. The van der Waals surface area contributed by atoms with Gasteiger partial charge in [-0.25, -0.2) is 12.8 Å². The van der Waals surface area contributed by atoms with Gasteiger partial charge in [-0.3, -0.25) is 4.99 Å². The van der Waals surface area contributed by atoms with Crippen LogP contribution in [0.15, 0.2) is 46.3 Å². The third kappa shape index (κ3) is 6.22. The molecule has 27 heavy (non-hydrogen) atoms. The molecule has 2 aromatic carbocycles. The van der Waals surface area contributed by atoms with Crippen LogP contribution in [0.25, 0.3) is 0 Å². The van der Waals surface area contributed by atoms with Gasteiger partial charge in [0, 0.05) is 31.4 Å². The molecular weight excluding hydrogens is 389 g/mol. The van der Waals surface area contributed by atoms with Crippen LogP contribution in [0, 0.1) is 12.7 Å². The van der Waals surface area contributed by atoms with Gasteiger partial charge < -0.3 is 10.6 Å². The molecule has 0 fully saturated rings. The van der Waals surface area contributed by atoms with Gasteiger partial charge in [0.15, 0.2) is 15.8 Å². The first-order chi connectivity index (χ1) is 12.7. The minimum atomic E-state index is -3.22. The highest BCUT2D eigenvalue weighted by Crippen LogP contribution is 2.18. The Labute approximate surface area is 164 Å². The molecule has 8 heteroatoms. The van der Waals surface area contributed by atoms with Gasteiger partial charge in [0.05, 0.1) is 4.90 Å². The maximum absolute atomic E-state index is 13.1. The summed E-state index contributed by atoms with van der Waals surface area (Å²) >= 11 is 6.02. The summed E-state index contributed by atoms with van der Waals surface area (Å²) in [6, 6.07) is 9.59. The predicted octanol–water partition coefficient (Wildman–Crippen LogP) is 3.10. The summed E-state index contributed by atoms with van der Waals surface area (Å²) in [6.45, 7) is 2.86. The zero-order valence-corrected chi connectivity index (χ0v) is 17.1. The van der Waals surface area contributed by atoms with Gasteiger partial charge in [0.2, 0.25) is 0 Å². The van der Waals surface area contributed by atoms with Gasteiger partial charge >= 0.3 is 0 Å². The van der Waals surface area contributed by atoms with Crippen LogP contribution in [0.2, 0.25) is 5.02 Å². The molecule has 2 rings (SSSR count). The Morgan fingerprint density at radius 1 is 1.19 bits per heavy atom. The number of rotatable bonds is 6. The second kappa shape index (κ2) is 9.19. The molecule has 0 aliphatic heterocycles. The van der Waals surface area contributed by atoms with Gasteiger partial charge in [0.1, 0.15) is 5.82 Å². The normalized spacial score (nSPS) is 12.1. The van der Waals surface area contributed by atoms with Gasteiger partial charge in [-0.1, -0.05) is 29.8 Å². The van der Waals surface area contributed by atoms with Crippen LogP contribution >= 0.6 is 11.6 Å². The summed E-state index contributed by atoms with van der Waals surface area (Å²) < 4.78 is 36.4. The van der Waals surface area contributed by atoms with Gasteiger partial charge in [-0.2, -0.15) is 0 Å². The molecule has 0 amide bonds. The summed E-state index contributed by atoms with van der Waals surface area (Å²) in [5, 5.41) is 6.75. The molecule has 0 saturated carbocycles. The molecule has 0 spiro atoms. The average Bonchev–Trinajstić information content (AvgIpc) is 2.58. The van der Waals surface area contributed by atoms with Crippen molar-refractivity contribution < 1.29 is 12.8 Å². The van der Waals surface area contributed by atoms with Crippen LogP contribution in [0.5, 0.6) is 0 Å². The third-order valence-corrected chi connectivity index (χ3v) is 5.63. The van der Waals surface area contributed by atoms with Crippen LogP contribution in [0.3, 0.4) is 0 Å². The molecule has 2 N–H and O–H groups in total. The fourth-order valence-electron chi connectivity index (χ4n) is 2.68. The predicted molar refractivity (Wildman–Crippen MR) is 108 cm³/mol. The maximum Gasteiger partial charge on any atom is 0.191 e. The quantitative estimate of drug-likeness (QED) is 0.566.